The quantitative estimate of drug-likeness (QED) is 0.169. The number of fused-ring (bicyclic) bond motifs is 8. The van der Waals surface area contributed by atoms with Gasteiger partial charge in [-0.1, -0.05) is 139 Å². The first-order valence-electron chi connectivity index (χ1n) is 17.6. The highest BCUT2D eigenvalue weighted by Crippen LogP contribution is 2.45. The second-order valence-electron chi connectivity index (χ2n) is 13.7. The number of hydrogen-bond acceptors (Lipinski definition) is 2. The van der Waals surface area contributed by atoms with E-state index in [1.165, 1.54) is 92.4 Å². The molecular formula is C48H30BNS. The molecule has 0 N–H and O–H groups in total. The Hall–Kier alpha value is -6.16. The normalized spacial score (nSPS) is 12.6. The van der Waals surface area contributed by atoms with E-state index in [1.807, 2.05) is 11.3 Å². The molecule has 0 atom stereocenters. The number of hydrogen-bond donors (Lipinski definition) is 0. The Morgan fingerprint density at radius 2 is 1.02 bits per heavy atom. The molecule has 51 heavy (non-hydrogen) atoms. The SMILES string of the molecule is c1ccc(-c2cccc(N3c4cc(-c5ccccc5)ccc4B4c5ccccc5-c5cc(-c6ccc7sc8ccccc8c7c6)cc3c54)c2)cc1. The maximum absolute atomic E-state index is 2.54. The topological polar surface area (TPSA) is 3.24 Å². The Morgan fingerprint density at radius 3 is 1.86 bits per heavy atom. The summed E-state index contributed by atoms with van der Waals surface area (Å²) >= 11 is 1.87. The molecule has 0 aliphatic carbocycles. The summed E-state index contributed by atoms with van der Waals surface area (Å²) in [5, 5.41) is 2.65. The van der Waals surface area contributed by atoms with Gasteiger partial charge in [-0.2, -0.15) is 0 Å². The minimum absolute atomic E-state index is 0.164. The fraction of sp³-hybridized carbons (Fsp3) is 0. The largest absolute Gasteiger partial charge is 0.311 e. The molecule has 0 bridgehead atoms. The fourth-order valence-corrected chi connectivity index (χ4v) is 9.64. The molecule has 2 aliphatic heterocycles. The van der Waals surface area contributed by atoms with E-state index in [1.54, 1.807) is 0 Å². The second-order valence-corrected chi connectivity index (χ2v) is 14.8. The molecule has 3 heterocycles. The van der Waals surface area contributed by atoms with Crippen LogP contribution in [0.4, 0.5) is 17.1 Å². The lowest BCUT2D eigenvalue weighted by Gasteiger charge is -2.37. The molecular weight excluding hydrogens is 633 g/mol. The van der Waals surface area contributed by atoms with Crippen molar-refractivity contribution >= 4 is 71.7 Å². The van der Waals surface area contributed by atoms with Crippen LogP contribution in [-0.4, -0.2) is 6.71 Å². The Kier molecular flexibility index (Phi) is 6.28. The van der Waals surface area contributed by atoms with Gasteiger partial charge in [-0.15, -0.1) is 11.3 Å². The molecule has 0 fully saturated rings. The van der Waals surface area contributed by atoms with Crippen molar-refractivity contribution in [3.63, 3.8) is 0 Å². The summed E-state index contributed by atoms with van der Waals surface area (Å²) in [6.07, 6.45) is 0. The van der Waals surface area contributed by atoms with Crippen LogP contribution < -0.4 is 21.3 Å². The molecule has 0 amide bonds. The van der Waals surface area contributed by atoms with Crippen LogP contribution in [0.2, 0.25) is 0 Å². The monoisotopic (exact) mass is 663 g/mol. The molecule has 0 unspecified atom stereocenters. The van der Waals surface area contributed by atoms with E-state index in [-0.39, 0.29) is 6.71 Å². The molecule has 1 aromatic heterocycles. The highest BCUT2D eigenvalue weighted by atomic mass is 32.1. The van der Waals surface area contributed by atoms with Crippen LogP contribution in [0.3, 0.4) is 0 Å². The van der Waals surface area contributed by atoms with Crippen LogP contribution in [0.15, 0.2) is 182 Å². The van der Waals surface area contributed by atoms with E-state index < -0.39 is 0 Å². The Bertz CT molecular complexity index is 2820. The Balaban J connectivity index is 1.20. The van der Waals surface area contributed by atoms with Crippen molar-refractivity contribution in [3.05, 3.63) is 182 Å². The first-order chi connectivity index (χ1) is 25.3. The summed E-state index contributed by atoms with van der Waals surface area (Å²) in [4.78, 5) is 2.54. The zero-order chi connectivity index (χ0) is 33.5. The Morgan fingerprint density at radius 1 is 0.373 bits per heavy atom. The van der Waals surface area contributed by atoms with Crippen LogP contribution in [0.5, 0.6) is 0 Å². The molecule has 0 saturated heterocycles. The highest BCUT2D eigenvalue weighted by Gasteiger charge is 2.42. The minimum Gasteiger partial charge on any atom is -0.311 e. The van der Waals surface area contributed by atoms with Gasteiger partial charge < -0.3 is 4.90 Å². The number of rotatable bonds is 4. The van der Waals surface area contributed by atoms with Crippen molar-refractivity contribution in [2.24, 2.45) is 0 Å². The molecule has 8 aromatic carbocycles. The van der Waals surface area contributed by atoms with Gasteiger partial charge in [0.1, 0.15) is 0 Å². The standard InChI is InChI=1S/C48H30BNS/c1-3-12-31(13-4-1)33-16-11-17-37(26-33)50-44-29-35(32-14-5-2-6-15-32)22-24-43(44)49-42-20-9-7-18-38(42)41-28-36(30-45(50)48(41)49)34-23-25-47-40(27-34)39-19-8-10-21-46(39)51-47/h1-30H. The number of anilines is 3. The zero-order valence-corrected chi connectivity index (χ0v) is 28.6. The van der Waals surface area contributed by atoms with Crippen molar-refractivity contribution in [3.8, 4) is 44.5 Å². The van der Waals surface area contributed by atoms with Gasteiger partial charge >= 0.3 is 0 Å². The van der Waals surface area contributed by atoms with Gasteiger partial charge in [-0.3, -0.25) is 0 Å². The molecule has 2 aliphatic rings. The third kappa shape index (κ3) is 4.42. The number of thiophene rings is 1. The van der Waals surface area contributed by atoms with Crippen molar-refractivity contribution in [2.75, 3.05) is 4.90 Å². The maximum atomic E-state index is 2.54. The Labute approximate surface area is 301 Å². The van der Waals surface area contributed by atoms with Crippen LogP contribution >= 0.6 is 11.3 Å². The summed E-state index contributed by atoms with van der Waals surface area (Å²) in [6, 6.07) is 67.5. The summed E-state index contributed by atoms with van der Waals surface area (Å²) in [6.45, 7) is 0.164. The van der Waals surface area contributed by atoms with Gasteiger partial charge in [0, 0.05) is 37.2 Å². The summed E-state index contributed by atoms with van der Waals surface area (Å²) in [5.74, 6) is 0. The summed E-state index contributed by atoms with van der Waals surface area (Å²) < 4.78 is 2.66. The number of nitrogens with zero attached hydrogens (tertiary/aromatic N) is 1. The van der Waals surface area contributed by atoms with E-state index in [9.17, 15) is 0 Å². The minimum atomic E-state index is 0.164. The second kappa shape index (κ2) is 11.2. The zero-order valence-electron chi connectivity index (χ0n) is 27.8. The van der Waals surface area contributed by atoms with Crippen molar-refractivity contribution in [1.29, 1.82) is 0 Å². The molecule has 0 spiro atoms. The first-order valence-corrected chi connectivity index (χ1v) is 18.4. The van der Waals surface area contributed by atoms with Gasteiger partial charge in [0.2, 0.25) is 6.71 Å². The van der Waals surface area contributed by atoms with E-state index in [2.05, 4.69) is 187 Å². The van der Waals surface area contributed by atoms with Crippen molar-refractivity contribution in [2.45, 2.75) is 0 Å². The molecule has 236 valence electrons. The van der Waals surface area contributed by atoms with Crippen LogP contribution in [0.1, 0.15) is 0 Å². The van der Waals surface area contributed by atoms with E-state index in [0.717, 1.165) is 5.69 Å². The fourth-order valence-electron chi connectivity index (χ4n) is 8.55. The van der Waals surface area contributed by atoms with Crippen molar-refractivity contribution in [1.82, 2.24) is 0 Å². The van der Waals surface area contributed by atoms with Crippen LogP contribution in [0.25, 0.3) is 64.7 Å². The van der Waals surface area contributed by atoms with Crippen LogP contribution in [-0.2, 0) is 0 Å². The summed E-state index contributed by atoms with van der Waals surface area (Å²) in [7, 11) is 0. The molecule has 1 nitrogen and oxygen atoms in total. The predicted molar refractivity (Wildman–Crippen MR) is 220 cm³/mol. The average molecular weight is 664 g/mol. The average Bonchev–Trinajstić information content (AvgIpc) is 3.75. The smallest absolute Gasteiger partial charge is 0.248 e. The molecule has 0 radical (unpaired) electrons. The molecule has 9 aromatic rings. The lowest BCUT2D eigenvalue weighted by atomic mass is 9.37. The van der Waals surface area contributed by atoms with Gasteiger partial charge in [-0.05, 0) is 104 Å². The molecule has 0 saturated carbocycles. The first kappa shape index (κ1) is 28.7. The summed E-state index contributed by atoms with van der Waals surface area (Å²) in [5.41, 5.74) is 17.8. The predicted octanol–water partition coefficient (Wildman–Crippen LogP) is 11.3. The van der Waals surface area contributed by atoms with Crippen molar-refractivity contribution < 1.29 is 0 Å². The molecule has 3 heteroatoms. The lowest BCUT2D eigenvalue weighted by Crippen LogP contribution is -2.54. The van der Waals surface area contributed by atoms with Gasteiger partial charge in [0.05, 0.1) is 0 Å². The third-order valence-corrected chi connectivity index (χ3v) is 12.0. The third-order valence-electron chi connectivity index (χ3n) is 10.9. The molecule has 11 rings (SSSR count). The van der Waals surface area contributed by atoms with Gasteiger partial charge in [0.25, 0.3) is 0 Å². The number of benzene rings is 8. The van der Waals surface area contributed by atoms with E-state index >= 15 is 0 Å². The van der Waals surface area contributed by atoms with Gasteiger partial charge in [-0.25, -0.2) is 0 Å². The lowest BCUT2D eigenvalue weighted by molar-refractivity contribution is 1.30. The van der Waals surface area contributed by atoms with E-state index in [4.69, 9.17) is 0 Å². The van der Waals surface area contributed by atoms with E-state index in [0.29, 0.717) is 0 Å². The highest BCUT2D eigenvalue weighted by molar-refractivity contribution is 7.25. The maximum Gasteiger partial charge on any atom is 0.248 e. The van der Waals surface area contributed by atoms with Crippen LogP contribution in [0, 0.1) is 0 Å². The van der Waals surface area contributed by atoms with Gasteiger partial charge in [0.15, 0.2) is 0 Å².